The average molecular weight is 517 g/mol. The zero-order chi connectivity index (χ0) is 26.1. The molecule has 0 aliphatic heterocycles. The van der Waals surface area contributed by atoms with Crippen LogP contribution in [0.5, 0.6) is 5.75 Å². The first-order valence-corrected chi connectivity index (χ1v) is 12.7. The number of carbonyl (C=O) groups is 3. The molecule has 1 aliphatic carbocycles. The van der Waals surface area contributed by atoms with Crippen molar-refractivity contribution in [3.05, 3.63) is 48.5 Å². The highest BCUT2D eigenvalue weighted by Gasteiger charge is 2.23. The Morgan fingerprint density at radius 3 is 2.28 bits per heavy atom. The van der Waals surface area contributed by atoms with Crippen LogP contribution in [0.25, 0.3) is 0 Å². The average Bonchev–Trinajstić information content (AvgIpc) is 2.86. The fourth-order valence-corrected chi connectivity index (χ4v) is 4.60. The number of nitrogens with zero attached hydrogens (tertiary/aromatic N) is 1. The molecule has 0 aromatic heterocycles. The summed E-state index contributed by atoms with van der Waals surface area (Å²) < 4.78 is 35.2. The molecule has 0 radical (unpaired) electrons. The maximum Gasteiger partial charge on any atom is 0.413 e. The predicted octanol–water partition coefficient (Wildman–Crippen LogP) is 3.64. The van der Waals surface area contributed by atoms with Gasteiger partial charge in [0.05, 0.1) is 18.5 Å². The van der Waals surface area contributed by atoms with Gasteiger partial charge in [-0.15, -0.1) is 0 Å². The summed E-state index contributed by atoms with van der Waals surface area (Å²) in [6, 6.07) is 11.6. The summed E-state index contributed by atoms with van der Waals surface area (Å²) in [5.74, 6) is -1.40. The standard InChI is InChI=1S/C24H28N4O7S/c1-16(29)25-20-14-13-18(35-36(32,33)19-11-7-4-8-12-19)15-21(20)26-23(28-24(31)34-2)27-22(30)17-9-5-3-6-10-17/h4,7-8,11-15,17H,3,5-6,9-10H2,1-2H3,(H,25,29)(H2,26,27,28,30,31). The van der Waals surface area contributed by atoms with Gasteiger partial charge < -0.3 is 19.6 Å². The first-order chi connectivity index (χ1) is 17.2. The number of guanidine groups is 1. The first kappa shape index (κ1) is 26.7. The minimum absolute atomic E-state index is 0.0434. The Kier molecular flexibility index (Phi) is 9.01. The molecule has 0 atom stereocenters. The molecule has 1 fully saturated rings. The lowest BCUT2D eigenvalue weighted by atomic mass is 9.89. The number of rotatable bonds is 6. The monoisotopic (exact) mass is 516 g/mol. The Hall–Kier alpha value is -3.93. The second-order valence-electron chi connectivity index (χ2n) is 8.11. The molecule has 12 heteroatoms. The summed E-state index contributed by atoms with van der Waals surface area (Å²) in [6.45, 7) is 1.29. The van der Waals surface area contributed by atoms with Gasteiger partial charge in [-0.2, -0.15) is 13.4 Å². The Morgan fingerprint density at radius 1 is 0.944 bits per heavy atom. The van der Waals surface area contributed by atoms with Gasteiger partial charge >= 0.3 is 16.2 Å². The number of hydrogen-bond donors (Lipinski definition) is 3. The van der Waals surface area contributed by atoms with Crippen LogP contribution in [-0.2, 0) is 24.4 Å². The van der Waals surface area contributed by atoms with Crippen LogP contribution in [0, 0.1) is 5.92 Å². The number of ether oxygens (including phenoxy) is 1. The zero-order valence-corrected chi connectivity index (χ0v) is 20.8. The lowest BCUT2D eigenvalue weighted by Crippen LogP contribution is -2.37. The van der Waals surface area contributed by atoms with E-state index in [2.05, 4.69) is 25.7 Å². The molecule has 2 aromatic rings. The van der Waals surface area contributed by atoms with Crippen molar-refractivity contribution in [3.63, 3.8) is 0 Å². The van der Waals surface area contributed by atoms with Crippen LogP contribution in [0.3, 0.4) is 0 Å². The highest BCUT2D eigenvalue weighted by molar-refractivity contribution is 7.87. The summed E-state index contributed by atoms with van der Waals surface area (Å²) in [5.41, 5.74) is 0.356. The third-order valence-corrected chi connectivity index (χ3v) is 6.64. The molecule has 11 nitrogen and oxygen atoms in total. The number of nitrogens with one attached hydrogen (secondary N) is 3. The molecule has 0 unspecified atom stereocenters. The molecule has 1 aliphatic rings. The molecule has 0 heterocycles. The molecule has 3 rings (SSSR count). The van der Waals surface area contributed by atoms with E-state index in [1.54, 1.807) is 18.2 Å². The maximum atomic E-state index is 12.7. The predicted molar refractivity (Wildman–Crippen MR) is 133 cm³/mol. The lowest BCUT2D eigenvalue weighted by Gasteiger charge is -2.19. The van der Waals surface area contributed by atoms with E-state index in [1.165, 1.54) is 37.3 Å². The van der Waals surface area contributed by atoms with Gasteiger partial charge in [-0.1, -0.05) is 37.5 Å². The van der Waals surface area contributed by atoms with E-state index in [9.17, 15) is 22.8 Å². The van der Waals surface area contributed by atoms with E-state index in [0.29, 0.717) is 12.8 Å². The number of anilines is 2. The molecule has 0 saturated heterocycles. The molecule has 36 heavy (non-hydrogen) atoms. The number of amides is 3. The fraction of sp³-hybridized carbons (Fsp3) is 0.333. The molecule has 2 aromatic carbocycles. The molecule has 0 spiro atoms. The lowest BCUT2D eigenvalue weighted by molar-refractivity contribution is -0.122. The fourth-order valence-electron chi connectivity index (χ4n) is 3.65. The largest absolute Gasteiger partial charge is 0.453 e. The van der Waals surface area contributed by atoms with Gasteiger partial charge in [-0.05, 0) is 37.1 Å². The summed E-state index contributed by atoms with van der Waals surface area (Å²) >= 11 is 0. The third-order valence-electron chi connectivity index (χ3n) is 5.37. The topological polar surface area (TPSA) is 152 Å². The van der Waals surface area contributed by atoms with Crippen LogP contribution < -0.4 is 20.1 Å². The number of benzene rings is 2. The summed E-state index contributed by atoms with van der Waals surface area (Å²) in [6.07, 6.45) is 3.41. The van der Waals surface area contributed by atoms with Crippen molar-refractivity contribution in [2.24, 2.45) is 10.9 Å². The van der Waals surface area contributed by atoms with Crippen LogP contribution in [0.4, 0.5) is 16.2 Å². The minimum Gasteiger partial charge on any atom is -0.453 e. The van der Waals surface area contributed by atoms with Gasteiger partial charge in [0.1, 0.15) is 10.6 Å². The van der Waals surface area contributed by atoms with Crippen molar-refractivity contribution in [1.29, 1.82) is 0 Å². The molecule has 1 saturated carbocycles. The minimum atomic E-state index is -4.14. The number of carbonyl (C=O) groups excluding carboxylic acids is 3. The molecular weight excluding hydrogens is 488 g/mol. The van der Waals surface area contributed by atoms with Crippen LogP contribution in [-0.4, -0.2) is 39.4 Å². The Bertz CT molecular complexity index is 1240. The van der Waals surface area contributed by atoms with Crippen molar-refractivity contribution >= 4 is 45.4 Å². The SMILES string of the molecule is COC(=O)N/C(=N\C(=O)C1CCCCC1)Nc1cc(OS(=O)(=O)c2ccccc2)ccc1NC(C)=O. The summed E-state index contributed by atoms with van der Waals surface area (Å²) in [7, 11) is -2.99. The van der Waals surface area contributed by atoms with Crippen molar-refractivity contribution in [2.45, 2.75) is 43.9 Å². The Balaban J connectivity index is 1.93. The highest BCUT2D eigenvalue weighted by atomic mass is 32.2. The van der Waals surface area contributed by atoms with Gasteiger partial charge in [-0.3, -0.25) is 14.9 Å². The maximum absolute atomic E-state index is 12.7. The highest BCUT2D eigenvalue weighted by Crippen LogP contribution is 2.30. The van der Waals surface area contributed by atoms with Gasteiger partial charge in [0.2, 0.25) is 11.9 Å². The first-order valence-electron chi connectivity index (χ1n) is 11.3. The van der Waals surface area contributed by atoms with Crippen molar-refractivity contribution < 1.29 is 31.7 Å². The third kappa shape index (κ3) is 7.54. The van der Waals surface area contributed by atoms with Gasteiger partial charge in [0, 0.05) is 18.9 Å². The Morgan fingerprint density at radius 2 is 1.64 bits per heavy atom. The number of aliphatic imine (C=N–C) groups is 1. The molecular formula is C24H28N4O7S. The zero-order valence-electron chi connectivity index (χ0n) is 19.9. The van der Waals surface area contributed by atoms with Crippen LogP contribution in [0.1, 0.15) is 39.0 Å². The second-order valence-corrected chi connectivity index (χ2v) is 9.66. The van der Waals surface area contributed by atoms with Crippen LogP contribution >= 0.6 is 0 Å². The van der Waals surface area contributed by atoms with E-state index in [-0.39, 0.29) is 33.9 Å². The van der Waals surface area contributed by atoms with Gasteiger partial charge in [0.25, 0.3) is 5.91 Å². The number of methoxy groups -OCH3 is 1. The number of hydrogen-bond acceptors (Lipinski definition) is 7. The normalized spacial score (nSPS) is 14.4. The quantitative estimate of drug-likeness (QED) is 0.299. The van der Waals surface area contributed by atoms with Crippen molar-refractivity contribution in [1.82, 2.24) is 5.32 Å². The van der Waals surface area contributed by atoms with Crippen LogP contribution in [0.15, 0.2) is 58.4 Å². The van der Waals surface area contributed by atoms with Crippen molar-refractivity contribution in [2.75, 3.05) is 17.7 Å². The molecule has 3 N–H and O–H groups in total. The summed E-state index contributed by atoms with van der Waals surface area (Å²) in [4.78, 5) is 40.4. The summed E-state index contributed by atoms with van der Waals surface area (Å²) in [5, 5.41) is 7.72. The molecule has 3 amide bonds. The van der Waals surface area contributed by atoms with E-state index in [4.69, 9.17) is 4.18 Å². The van der Waals surface area contributed by atoms with Crippen molar-refractivity contribution in [3.8, 4) is 5.75 Å². The second kappa shape index (κ2) is 12.2. The van der Waals surface area contributed by atoms with Gasteiger partial charge in [-0.25, -0.2) is 4.79 Å². The molecule has 192 valence electrons. The van der Waals surface area contributed by atoms with E-state index in [1.807, 2.05) is 0 Å². The van der Waals surface area contributed by atoms with E-state index in [0.717, 1.165) is 26.4 Å². The Labute approximate surface area is 209 Å². The van der Waals surface area contributed by atoms with Gasteiger partial charge in [0.15, 0.2) is 0 Å². The number of alkyl carbamates (subject to hydrolysis) is 1. The smallest absolute Gasteiger partial charge is 0.413 e. The van der Waals surface area contributed by atoms with Crippen LogP contribution in [0.2, 0.25) is 0 Å². The van der Waals surface area contributed by atoms with E-state index >= 15 is 0 Å². The molecule has 0 bridgehead atoms. The van der Waals surface area contributed by atoms with E-state index < -0.39 is 28.0 Å².